The van der Waals surface area contributed by atoms with E-state index in [-0.39, 0.29) is 5.91 Å². The van der Waals surface area contributed by atoms with Crippen molar-refractivity contribution in [3.05, 3.63) is 0 Å². The molecule has 3 unspecified atom stereocenters. The first-order valence-electron chi connectivity index (χ1n) is 8.20. The minimum absolute atomic E-state index is 0.223. The Hall–Kier alpha value is -0.610. The number of nitrogens with zero attached hydrogens (tertiary/aromatic N) is 1. The smallest absolute Gasteiger partial charge is 0.231 e. The van der Waals surface area contributed by atoms with Gasteiger partial charge in [-0.05, 0) is 37.1 Å². The molecule has 0 aromatic heterocycles. The van der Waals surface area contributed by atoms with Gasteiger partial charge in [-0.1, -0.05) is 40.0 Å². The van der Waals surface area contributed by atoms with Crippen molar-refractivity contribution in [3.63, 3.8) is 0 Å². The molecule has 3 atom stereocenters. The number of amides is 1. The summed E-state index contributed by atoms with van der Waals surface area (Å²) in [6.45, 7) is 8.66. The number of nitrogens with two attached hydrogens (primary N) is 2. The largest absolute Gasteiger partial charge is 0.369 e. The van der Waals surface area contributed by atoms with Crippen LogP contribution in [0, 0.1) is 17.8 Å². The van der Waals surface area contributed by atoms with E-state index in [0.717, 1.165) is 19.0 Å². The molecule has 4 N–H and O–H groups in total. The van der Waals surface area contributed by atoms with Gasteiger partial charge in [0.2, 0.25) is 5.91 Å². The zero-order valence-corrected chi connectivity index (χ0v) is 13.5. The molecule has 118 valence electrons. The number of hydrogen-bond donors (Lipinski definition) is 2. The standard InChI is InChI=1S/C16H33N3O/c1-4-5-13-6-7-14(9-17)15(8-13)19(10-12(2)3)11-16(18)20/h12-15H,4-11,17H2,1-3H3,(H2,18,20). The van der Waals surface area contributed by atoms with Crippen LogP contribution in [0.4, 0.5) is 0 Å². The van der Waals surface area contributed by atoms with Crippen LogP contribution in [0.15, 0.2) is 0 Å². The second-order valence-electron chi connectivity index (χ2n) is 6.82. The predicted octanol–water partition coefficient (Wildman–Crippen LogP) is 1.97. The summed E-state index contributed by atoms with van der Waals surface area (Å²) < 4.78 is 0. The number of rotatable bonds is 8. The molecule has 0 saturated heterocycles. The zero-order valence-electron chi connectivity index (χ0n) is 13.5. The number of primary amides is 1. The molecule has 0 spiro atoms. The maximum absolute atomic E-state index is 11.4. The predicted molar refractivity (Wildman–Crippen MR) is 84.2 cm³/mol. The molecule has 0 bridgehead atoms. The lowest BCUT2D eigenvalue weighted by molar-refractivity contribution is -0.120. The molecule has 1 amide bonds. The molecular formula is C16H33N3O. The van der Waals surface area contributed by atoms with E-state index in [2.05, 4.69) is 25.7 Å². The Morgan fingerprint density at radius 2 is 2.05 bits per heavy atom. The fourth-order valence-electron chi connectivity index (χ4n) is 3.67. The van der Waals surface area contributed by atoms with Gasteiger partial charge in [0.1, 0.15) is 0 Å². The SMILES string of the molecule is CCCC1CCC(CN)C(N(CC(N)=O)CC(C)C)C1. The Morgan fingerprint density at radius 3 is 2.55 bits per heavy atom. The minimum atomic E-state index is -0.223. The van der Waals surface area contributed by atoms with E-state index in [9.17, 15) is 4.79 Å². The van der Waals surface area contributed by atoms with Gasteiger partial charge in [0, 0.05) is 12.6 Å². The van der Waals surface area contributed by atoms with Crippen LogP contribution >= 0.6 is 0 Å². The van der Waals surface area contributed by atoms with Crippen molar-refractivity contribution in [3.8, 4) is 0 Å². The summed E-state index contributed by atoms with van der Waals surface area (Å²) in [5.74, 6) is 1.62. The third-order valence-corrected chi connectivity index (χ3v) is 4.49. The Bertz CT molecular complexity index is 293. The van der Waals surface area contributed by atoms with Crippen LogP contribution in [-0.2, 0) is 4.79 Å². The van der Waals surface area contributed by atoms with Gasteiger partial charge in [0.25, 0.3) is 0 Å². The lowest BCUT2D eigenvalue weighted by atomic mass is 9.75. The van der Waals surface area contributed by atoms with Gasteiger partial charge in [-0.2, -0.15) is 0 Å². The van der Waals surface area contributed by atoms with Gasteiger partial charge in [-0.15, -0.1) is 0 Å². The van der Waals surface area contributed by atoms with Gasteiger partial charge in [0.05, 0.1) is 6.54 Å². The van der Waals surface area contributed by atoms with Crippen LogP contribution in [0.2, 0.25) is 0 Å². The van der Waals surface area contributed by atoms with Crippen molar-refractivity contribution < 1.29 is 4.79 Å². The number of hydrogen-bond acceptors (Lipinski definition) is 3. The normalized spacial score (nSPS) is 27.2. The third kappa shape index (κ3) is 5.41. The Kier molecular flexibility index (Phi) is 7.52. The quantitative estimate of drug-likeness (QED) is 0.715. The topological polar surface area (TPSA) is 72.3 Å². The van der Waals surface area contributed by atoms with E-state index in [1.54, 1.807) is 0 Å². The van der Waals surface area contributed by atoms with E-state index in [1.807, 2.05) is 0 Å². The second kappa shape index (κ2) is 8.63. The highest BCUT2D eigenvalue weighted by atomic mass is 16.1. The zero-order chi connectivity index (χ0) is 15.1. The van der Waals surface area contributed by atoms with Crippen LogP contribution in [-0.4, -0.2) is 36.5 Å². The molecule has 0 radical (unpaired) electrons. The maximum atomic E-state index is 11.4. The molecule has 1 rings (SSSR count). The average Bonchev–Trinajstić information content (AvgIpc) is 2.37. The molecule has 4 heteroatoms. The molecule has 0 aromatic rings. The Balaban J connectivity index is 2.77. The van der Waals surface area contributed by atoms with Gasteiger partial charge in [0.15, 0.2) is 0 Å². The van der Waals surface area contributed by atoms with Crippen molar-refractivity contribution in [2.24, 2.45) is 29.2 Å². The fourth-order valence-corrected chi connectivity index (χ4v) is 3.67. The highest BCUT2D eigenvalue weighted by Crippen LogP contribution is 2.34. The van der Waals surface area contributed by atoms with E-state index >= 15 is 0 Å². The summed E-state index contributed by atoms with van der Waals surface area (Å²) in [7, 11) is 0. The lowest BCUT2D eigenvalue weighted by Crippen LogP contribution is -2.50. The molecule has 1 saturated carbocycles. The second-order valence-corrected chi connectivity index (χ2v) is 6.82. The van der Waals surface area contributed by atoms with Crippen molar-refractivity contribution >= 4 is 5.91 Å². The highest BCUT2D eigenvalue weighted by Gasteiger charge is 2.34. The summed E-state index contributed by atoms with van der Waals surface area (Å²) in [4.78, 5) is 13.7. The Morgan fingerprint density at radius 1 is 1.35 bits per heavy atom. The average molecular weight is 283 g/mol. The third-order valence-electron chi connectivity index (χ3n) is 4.49. The number of carbonyl (C=O) groups excluding carboxylic acids is 1. The monoisotopic (exact) mass is 283 g/mol. The van der Waals surface area contributed by atoms with Crippen molar-refractivity contribution in [2.75, 3.05) is 19.6 Å². The summed E-state index contributed by atoms with van der Waals surface area (Å²) >= 11 is 0. The highest BCUT2D eigenvalue weighted by molar-refractivity contribution is 5.75. The molecule has 4 nitrogen and oxygen atoms in total. The van der Waals surface area contributed by atoms with Crippen LogP contribution < -0.4 is 11.5 Å². The van der Waals surface area contributed by atoms with Crippen LogP contribution in [0.5, 0.6) is 0 Å². The molecule has 1 fully saturated rings. The van der Waals surface area contributed by atoms with Crippen molar-refractivity contribution in [1.82, 2.24) is 4.90 Å². The first-order chi connectivity index (χ1) is 9.47. The summed E-state index contributed by atoms with van der Waals surface area (Å²) in [5.41, 5.74) is 11.4. The van der Waals surface area contributed by atoms with E-state index < -0.39 is 0 Å². The van der Waals surface area contributed by atoms with Crippen LogP contribution in [0.25, 0.3) is 0 Å². The maximum Gasteiger partial charge on any atom is 0.231 e. The molecule has 0 aromatic carbocycles. The van der Waals surface area contributed by atoms with Gasteiger partial charge < -0.3 is 11.5 Å². The first-order valence-corrected chi connectivity index (χ1v) is 8.20. The van der Waals surface area contributed by atoms with Crippen molar-refractivity contribution in [1.29, 1.82) is 0 Å². The molecule has 1 aliphatic rings. The summed E-state index contributed by atoms with van der Waals surface area (Å²) in [6.07, 6.45) is 6.19. The molecule has 1 aliphatic carbocycles. The molecular weight excluding hydrogens is 250 g/mol. The molecule has 0 heterocycles. The van der Waals surface area contributed by atoms with E-state index in [0.29, 0.717) is 24.4 Å². The molecule has 0 aliphatic heterocycles. The lowest BCUT2D eigenvalue weighted by Gasteiger charge is -2.43. The molecule has 20 heavy (non-hydrogen) atoms. The van der Waals surface area contributed by atoms with Gasteiger partial charge in [-0.25, -0.2) is 0 Å². The summed E-state index contributed by atoms with van der Waals surface area (Å²) in [6, 6.07) is 0.431. The first kappa shape index (κ1) is 17.4. The van der Waals surface area contributed by atoms with Crippen molar-refractivity contribution in [2.45, 2.75) is 58.9 Å². The number of carbonyl (C=O) groups is 1. The van der Waals surface area contributed by atoms with Gasteiger partial charge in [-0.3, -0.25) is 9.69 Å². The summed E-state index contributed by atoms with van der Waals surface area (Å²) in [5, 5.41) is 0. The minimum Gasteiger partial charge on any atom is -0.369 e. The fraction of sp³-hybridized carbons (Fsp3) is 0.938. The van der Waals surface area contributed by atoms with Gasteiger partial charge >= 0.3 is 0 Å². The van der Waals surface area contributed by atoms with Crippen LogP contribution in [0.3, 0.4) is 0 Å². The Labute approximate surface area is 124 Å². The van der Waals surface area contributed by atoms with E-state index in [1.165, 1.54) is 32.1 Å². The van der Waals surface area contributed by atoms with E-state index in [4.69, 9.17) is 11.5 Å². The van der Waals surface area contributed by atoms with Crippen LogP contribution in [0.1, 0.15) is 52.9 Å².